The van der Waals surface area contributed by atoms with Crippen LogP contribution < -0.4 is 20.1 Å². The average Bonchev–Trinajstić information content (AvgIpc) is 2.92. The lowest BCUT2D eigenvalue weighted by atomic mass is 9.99. The smallest absolute Gasteiger partial charge is 0.423 e. The second-order valence-electron chi connectivity index (χ2n) is 9.70. The molecular weight excluding hydrogens is 607 g/mol. The number of aliphatic hydroxyl groups excluding tert-OH is 3. The predicted molar refractivity (Wildman–Crippen MR) is 139 cm³/mol. The molecule has 0 aromatic heterocycles. The van der Waals surface area contributed by atoms with E-state index >= 15 is 0 Å². The Morgan fingerprint density at radius 1 is 1.05 bits per heavy atom. The number of aliphatic carboxylic acids is 1. The van der Waals surface area contributed by atoms with E-state index in [1.54, 1.807) is 0 Å². The van der Waals surface area contributed by atoms with E-state index in [-0.39, 0.29) is 23.8 Å². The fourth-order valence-electron chi connectivity index (χ4n) is 3.80. The third kappa shape index (κ3) is 7.88. The van der Waals surface area contributed by atoms with Crippen molar-refractivity contribution < 1.29 is 72.2 Å². The van der Waals surface area contributed by atoms with E-state index in [1.807, 2.05) is 5.32 Å². The molecular formula is C25H26F3N3O13. The molecule has 0 saturated carbocycles. The molecule has 240 valence electrons. The summed E-state index contributed by atoms with van der Waals surface area (Å²) < 4.78 is 56.6. The Morgan fingerprint density at radius 3 is 2.18 bits per heavy atom. The van der Waals surface area contributed by atoms with Crippen LogP contribution in [0.3, 0.4) is 0 Å². The van der Waals surface area contributed by atoms with Crippen LogP contribution in [-0.4, -0.2) is 91.2 Å². The first kappa shape index (κ1) is 33.9. The summed E-state index contributed by atoms with van der Waals surface area (Å²) in [4.78, 5) is 45.5. The van der Waals surface area contributed by atoms with Crippen LogP contribution in [0.5, 0.6) is 11.5 Å². The molecule has 3 rings (SSSR count). The standard InChI is InChI=1S/C25H26F3N3O13/c1-10(32)29-11-3-5-12(6-4-11)42-9-24(2,39)23(38)30-14-7-13(25(26,27)28)15(31(40)41)8-16(14)43-22-19(35)17(33)18(34)20(44-22)21(36)37/h3-8,17-20,22,33-35,39H,9H2,1-2H3,(H,29,32)(H,30,38)(H,36,37)/t17-,18-,19+,20-,22+,24-/m0/s1. The van der Waals surface area contributed by atoms with Gasteiger partial charge < -0.3 is 50.4 Å². The number of benzene rings is 2. The van der Waals surface area contributed by atoms with Crippen molar-refractivity contribution in [3.63, 3.8) is 0 Å². The highest BCUT2D eigenvalue weighted by molar-refractivity contribution is 5.98. The summed E-state index contributed by atoms with van der Waals surface area (Å²) >= 11 is 0. The van der Waals surface area contributed by atoms with Gasteiger partial charge in [-0.1, -0.05) is 0 Å². The lowest BCUT2D eigenvalue weighted by molar-refractivity contribution is -0.388. The molecule has 2 aromatic carbocycles. The van der Waals surface area contributed by atoms with Crippen molar-refractivity contribution in [2.45, 2.75) is 56.3 Å². The summed E-state index contributed by atoms with van der Waals surface area (Å²) in [6, 6.07) is 5.93. The number of halogens is 3. The Kier molecular flexibility index (Phi) is 10.0. The van der Waals surface area contributed by atoms with Crippen molar-refractivity contribution in [1.82, 2.24) is 0 Å². The number of nitrogens with one attached hydrogen (secondary N) is 2. The van der Waals surface area contributed by atoms with Crippen molar-refractivity contribution in [2.75, 3.05) is 17.2 Å². The second-order valence-corrected chi connectivity index (χ2v) is 9.70. The van der Waals surface area contributed by atoms with Gasteiger partial charge in [-0.2, -0.15) is 13.2 Å². The van der Waals surface area contributed by atoms with E-state index in [0.717, 1.165) is 6.92 Å². The number of amides is 2. The molecule has 2 amide bonds. The van der Waals surface area contributed by atoms with Crippen LogP contribution in [0.4, 0.5) is 30.2 Å². The number of carbonyl (C=O) groups is 3. The van der Waals surface area contributed by atoms with Gasteiger partial charge in [0, 0.05) is 12.6 Å². The quantitative estimate of drug-likeness (QED) is 0.140. The van der Waals surface area contributed by atoms with Crippen molar-refractivity contribution in [3.05, 3.63) is 52.1 Å². The van der Waals surface area contributed by atoms with Crippen LogP contribution in [0.15, 0.2) is 36.4 Å². The number of hydrogen-bond acceptors (Lipinski definition) is 12. The number of carboxylic acids is 1. The fraction of sp³-hybridized carbons (Fsp3) is 0.400. The summed E-state index contributed by atoms with van der Waals surface area (Å²) in [6.45, 7) is 1.43. The topological polar surface area (TPSA) is 247 Å². The maximum atomic E-state index is 13.7. The van der Waals surface area contributed by atoms with Gasteiger partial charge in [0.2, 0.25) is 12.2 Å². The van der Waals surface area contributed by atoms with E-state index in [1.165, 1.54) is 31.2 Å². The third-order valence-electron chi connectivity index (χ3n) is 6.09. The number of alkyl halides is 3. The van der Waals surface area contributed by atoms with Crippen molar-refractivity contribution in [2.24, 2.45) is 0 Å². The zero-order chi connectivity index (χ0) is 33.1. The van der Waals surface area contributed by atoms with Gasteiger partial charge in [0.05, 0.1) is 16.7 Å². The number of aliphatic hydroxyl groups is 4. The molecule has 44 heavy (non-hydrogen) atoms. The van der Waals surface area contributed by atoms with Gasteiger partial charge in [0.25, 0.3) is 11.6 Å². The molecule has 7 N–H and O–H groups in total. The molecule has 1 heterocycles. The number of anilines is 2. The average molecular weight is 633 g/mol. The van der Waals surface area contributed by atoms with E-state index in [4.69, 9.17) is 14.2 Å². The van der Waals surface area contributed by atoms with Crippen LogP contribution in [0.1, 0.15) is 19.4 Å². The van der Waals surface area contributed by atoms with Crippen LogP contribution in [0, 0.1) is 10.1 Å². The first-order valence-corrected chi connectivity index (χ1v) is 12.3. The van der Waals surface area contributed by atoms with Crippen LogP contribution in [-0.2, 0) is 25.3 Å². The Morgan fingerprint density at radius 2 is 1.66 bits per heavy atom. The maximum absolute atomic E-state index is 13.7. The summed E-state index contributed by atoms with van der Waals surface area (Å²) in [5, 5.41) is 65.9. The van der Waals surface area contributed by atoms with E-state index < -0.39 is 88.6 Å². The Bertz CT molecular complexity index is 1420. The minimum absolute atomic E-state index is 0.0954. The summed E-state index contributed by atoms with van der Waals surface area (Å²) in [5.74, 6) is -4.43. The lowest BCUT2D eigenvalue weighted by Crippen LogP contribution is -2.61. The molecule has 1 aliphatic rings. The molecule has 0 unspecified atom stereocenters. The number of nitrogens with zero attached hydrogens (tertiary/aromatic N) is 1. The van der Waals surface area contributed by atoms with Gasteiger partial charge >= 0.3 is 12.1 Å². The summed E-state index contributed by atoms with van der Waals surface area (Å²) in [5.41, 5.74) is -6.45. The number of carboxylic acid groups (broad SMARTS) is 1. The molecule has 2 aromatic rings. The zero-order valence-electron chi connectivity index (χ0n) is 22.6. The second kappa shape index (κ2) is 13.0. The molecule has 1 saturated heterocycles. The van der Waals surface area contributed by atoms with Gasteiger partial charge in [0.1, 0.15) is 36.2 Å². The number of hydrogen-bond donors (Lipinski definition) is 7. The highest BCUT2D eigenvalue weighted by Crippen LogP contribution is 2.43. The highest BCUT2D eigenvalue weighted by atomic mass is 19.4. The molecule has 1 aliphatic heterocycles. The number of ether oxygens (including phenoxy) is 3. The van der Waals surface area contributed by atoms with Crippen LogP contribution in [0.2, 0.25) is 0 Å². The minimum Gasteiger partial charge on any atom is -0.490 e. The molecule has 0 aliphatic carbocycles. The van der Waals surface area contributed by atoms with E-state index in [9.17, 15) is 63.2 Å². The molecule has 6 atom stereocenters. The number of carbonyl (C=O) groups excluding carboxylic acids is 2. The molecule has 0 bridgehead atoms. The third-order valence-corrected chi connectivity index (χ3v) is 6.09. The van der Waals surface area contributed by atoms with Gasteiger partial charge in [-0.05, 0) is 37.3 Å². The predicted octanol–water partition coefficient (Wildman–Crippen LogP) is 0.611. The normalized spacial score (nSPS) is 23.2. The van der Waals surface area contributed by atoms with E-state index in [2.05, 4.69) is 5.32 Å². The minimum atomic E-state index is -5.34. The largest absolute Gasteiger partial charge is 0.490 e. The summed E-state index contributed by atoms with van der Waals surface area (Å²) in [6.07, 6.45) is -16.4. The van der Waals surface area contributed by atoms with Gasteiger partial charge in [-0.25, -0.2) is 4.79 Å². The number of rotatable bonds is 10. The lowest BCUT2D eigenvalue weighted by Gasteiger charge is -2.38. The van der Waals surface area contributed by atoms with Crippen molar-refractivity contribution in [1.29, 1.82) is 0 Å². The molecule has 16 nitrogen and oxygen atoms in total. The first-order chi connectivity index (χ1) is 20.3. The maximum Gasteiger partial charge on any atom is 0.423 e. The number of nitro groups is 1. The monoisotopic (exact) mass is 633 g/mol. The Labute approximate surface area is 244 Å². The number of nitro benzene ring substituents is 1. The SMILES string of the molecule is CC(=O)Nc1ccc(OC[C@](C)(O)C(=O)Nc2cc(C(F)(F)F)c([N+](=O)[O-])cc2O[C@@H]2O[C@H](C(=O)O)[C@@H](O)[C@H](O)[C@H]2O)cc1. The van der Waals surface area contributed by atoms with Gasteiger partial charge in [-0.3, -0.25) is 19.7 Å². The van der Waals surface area contributed by atoms with Crippen molar-refractivity contribution >= 4 is 34.8 Å². The Balaban J connectivity index is 1.93. The van der Waals surface area contributed by atoms with Crippen LogP contribution in [0.25, 0.3) is 0 Å². The molecule has 0 radical (unpaired) electrons. The molecule has 19 heteroatoms. The molecule has 0 spiro atoms. The highest BCUT2D eigenvalue weighted by Gasteiger charge is 2.49. The zero-order valence-corrected chi connectivity index (χ0v) is 22.6. The fourth-order valence-corrected chi connectivity index (χ4v) is 3.80. The van der Waals surface area contributed by atoms with Gasteiger partial charge in [-0.15, -0.1) is 0 Å². The van der Waals surface area contributed by atoms with Crippen molar-refractivity contribution in [3.8, 4) is 11.5 Å². The van der Waals surface area contributed by atoms with Gasteiger partial charge in [0.15, 0.2) is 17.5 Å². The Hall–Kier alpha value is -4.56. The van der Waals surface area contributed by atoms with E-state index in [0.29, 0.717) is 5.69 Å². The van der Waals surface area contributed by atoms with Crippen LogP contribution >= 0.6 is 0 Å². The first-order valence-electron chi connectivity index (χ1n) is 12.3. The molecule has 1 fully saturated rings. The summed E-state index contributed by atoms with van der Waals surface area (Å²) in [7, 11) is 0.